The van der Waals surface area contributed by atoms with Crippen molar-refractivity contribution in [1.29, 1.82) is 0 Å². The molecule has 0 atom stereocenters. The number of ether oxygens (including phenoxy) is 1. The molecule has 0 fully saturated rings. The normalized spacial score (nSPS) is 11.1. The van der Waals surface area contributed by atoms with E-state index in [1.54, 1.807) is 31.4 Å². The van der Waals surface area contributed by atoms with Gasteiger partial charge in [-0.2, -0.15) is 8.78 Å². The van der Waals surface area contributed by atoms with Gasteiger partial charge in [0.05, 0.1) is 6.54 Å². The van der Waals surface area contributed by atoms with E-state index in [1.807, 2.05) is 11.9 Å². The van der Waals surface area contributed by atoms with E-state index in [9.17, 15) is 13.6 Å². The topological polar surface area (TPSA) is 41.6 Å². The molecular weight excluding hydrogens is 298 g/mol. The summed E-state index contributed by atoms with van der Waals surface area (Å²) in [5.41, 5.74) is 0.601. The van der Waals surface area contributed by atoms with E-state index < -0.39 is 5.76 Å². The van der Waals surface area contributed by atoms with Crippen LogP contribution in [-0.2, 0) is 9.53 Å². The Morgan fingerprint density at radius 1 is 1.38 bits per heavy atom. The molecule has 1 amide bonds. The summed E-state index contributed by atoms with van der Waals surface area (Å²) in [5.74, 6) is -2.57. The fourth-order valence-corrected chi connectivity index (χ4v) is 2.22. The highest BCUT2D eigenvalue weighted by Gasteiger charge is 2.08. The van der Waals surface area contributed by atoms with Gasteiger partial charge in [0.15, 0.2) is 0 Å². The van der Waals surface area contributed by atoms with E-state index in [4.69, 9.17) is 4.74 Å². The summed E-state index contributed by atoms with van der Waals surface area (Å²) >= 11 is 0.482. The maximum absolute atomic E-state index is 12.2. The van der Waals surface area contributed by atoms with E-state index in [2.05, 4.69) is 5.32 Å². The lowest BCUT2D eigenvalue weighted by Gasteiger charge is -2.16. The molecule has 0 aliphatic carbocycles. The molecule has 0 unspecified atom stereocenters. The molecule has 4 nitrogen and oxygen atoms in total. The summed E-state index contributed by atoms with van der Waals surface area (Å²) in [7, 11) is 3.50. The summed E-state index contributed by atoms with van der Waals surface area (Å²) in [5, 5.41) is 2.74. The Morgan fingerprint density at radius 2 is 2.05 bits per heavy atom. The van der Waals surface area contributed by atoms with Crippen LogP contribution in [0.25, 0.3) is 0 Å². The summed E-state index contributed by atoms with van der Waals surface area (Å²) < 4.78 is 29.3. The molecule has 0 aromatic heterocycles. The zero-order valence-corrected chi connectivity index (χ0v) is 13.0. The first kappa shape index (κ1) is 17.9. The van der Waals surface area contributed by atoms with Gasteiger partial charge >= 0.3 is 0 Å². The van der Waals surface area contributed by atoms with E-state index in [-0.39, 0.29) is 12.5 Å². The van der Waals surface area contributed by atoms with Crippen molar-refractivity contribution in [3.05, 3.63) is 24.3 Å². The second-order valence-electron chi connectivity index (χ2n) is 4.54. The monoisotopic (exact) mass is 318 g/mol. The third-order valence-corrected chi connectivity index (χ3v) is 3.39. The third-order valence-electron chi connectivity index (χ3n) is 2.67. The predicted molar refractivity (Wildman–Crippen MR) is 80.9 cm³/mol. The van der Waals surface area contributed by atoms with Crippen molar-refractivity contribution in [1.82, 2.24) is 4.90 Å². The van der Waals surface area contributed by atoms with Crippen molar-refractivity contribution in [3.63, 3.8) is 0 Å². The highest BCUT2D eigenvalue weighted by atomic mass is 32.2. The predicted octanol–water partition coefficient (Wildman–Crippen LogP) is 2.91. The molecule has 0 heterocycles. The van der Waals surface area contributed by atoms with E-state index in [1.165, 1.54) is 0 Å². The SMILES string of the molecule is COCCCN(C)CC(=O)Nc1ccc(SC(F)F)cc1. The number of halogens is 2. The minimum absolute atomic E-state index is 0.135. The van der Waals surface area contributed by atoms with Gasteiger partial charge in [-0.1, -0.05) is 11.8 Å². The molecule has 0 saturated heterocycles. The van der Waals surface area contributed by atoms with Gasteiger partial charge in [0.25, 0.3) is 5.76 Å². The Balaban J connectivity index is 2.36. The molecule has 1 aromatic rings. The molecule has 7 heteroatoms. The summed E-state index contributed by atoms with van der Waals surface area (Å²) in [4.78, 5) is 14.2. The number of carbonyl (C=O) groups excluding carboxylic acids is 1. The molecule has 0 saturated carbocycles. The standard InChI is InChI=1S/C14H20F2N2O2S/c1-18(8-3-9-20-2)10-13(19)17-11-4-6-12(7-5-11)21-14(15)16/h4-7,14H,3,8-10H2,1-2H3,(H,17,19). The number of methoxy groups -OCH3 is 1. The minimum atomic E-state index is -2.44. The van der Waals surface area contributed by atoms with Crippen molar-refractivity contribution in [3.8, 4) is 0 Å². The number of likely N-dealkylation sites (N-methyl/N-ethyl adjacent to an activating group) is 1. The van der Waals surface area contributed by atoms with Gasteiger partial charge in [-0.05, 0) is 37.7 Å². The van der Waals surface area contributed by atoms with E-state index >= 15 is 0 Å². The van der Waals surface area contributed by atoms with Crippen LogP contribution in [0, 0.1) is 0 Å². The van der Waals surface area contributed by atoms with Crippen LogP contribution >= 0.6 is 11.8 Å². The molecule has 0 bridgehead atoms. The Hall–Kier alpha value is -1.18. The van der Waals surface area contributed by atoms with Crippen molar-refractivity contribution >= 4 is 23.4 Å². The van der Waals surface area contributed by atoms with E-state index in [0.29, 0.717) is 29.0 Å². The fourth-order valence-electron chi connectivity index (χ4n) is 1.72. The van der Waals surface area contributed by atoms with Crippen LogP contribution in [0.3, 0.4) is 0 Å². The average Bonchev–Trinajstić information content (AvgIpc) is 2.40. The van der Waals surface area contributed by atoms with Gasteiger partial charge in [0.2, 0.25) is 5.91 Å². The number of rotatable bonds is 9. The van der Waals surface area contributed by atoms with Crippen molar-refractivity contribution in [2.45, 2.75) is 17.1 Å². The molecule has 0 aliphatic rings. The van der Waals surface area contributed by atoms with Gasteiger partial charge in [-0.25, -0.2) is 0 Å². The number of hydrogen-bond acceptors (Lipinski definition) is 4. The lowest BCUT2D eigenvalue weighted by Crippen LogP contribution is -2.31. The van der Waals surface area contributed by atoms with Gasteiger partial charge < -0.3 is 10.1 Å². The smallest absolute Gasteiger partial charge is 0.288 e. The van der Waals surface area contributed by atoms with E-state index in [0.717, 1.165) is 13.0 Å². The molecule has 0 spiro atoms. The Bertz CT molecular complexity index is 429. The second-order valence-corrected chi connectivity index (χ2v) is 5.60. The Kier molecular flexibility index (Phi) is 8.26. The lowest BCUT2D eigenvalue weighted by molar-refractivity contribution is -0.117. The lowest BCUT2D eigenvalue weighted by atomic mass is 10.3. The molecular formula is C14H20F2N2O2S. The largest absolute Gasteiger partial charge is 0.385 e. The number of carbonyl (C=O) groups is 1. The number of alkyl halides is 2. The molecule has 21 heavy (non-hydrogen) atoms. The quantitative estimate of drug-likeness (QED) is 0.561. The number of hydrogen-bond donors (Lipinski definition) is 1. The van der Waals surface area contributed by atoms with Gasteiger partial charge in [0.1, 0.15) is 0 Å². The fraction of sp³-hybridized carbons (Fsp3) is 0.500. The van der Waals surface area contributed by atoms with Crippen LogP contribution in [0.1, 0.15) is 6.42 Å². The van der Waals surface area contributed by atoms with Gasteiger partial charge in [0, 0.05) is 30.8 Å². The molecule has 1 rings (SSSR count). The first-order valence-electron chi connectivity index (χ1n) is 6.53. The molecule has 1 N–H and O–H groups in total. The molecule has 118 valence electrons. The zero-order valence-electron chi connectivity index (χ0n) is 12.1. The van der Waals surface area contributed by atoms with Crippen molar-refractivity contribution in [2.24, 2.45) is 0 Å². The molecule has 0 radical (unpaired) electrons. The maximum Gasteiger partial charge on any atom is 0.288 e. The zero-order chi connectivity index (χ0) is 15.7. The summed E-state index contributed by atoms with van der Waals surface area (Å²) in [6.45, 7) is 1.71. The number of amides is 1. The van der Waals surface area contributed by atoms with Gasteiger partial charge in [-0.3, -0.25) is 9.69 Å². The minimum Gasteiger partial charge on any atom is -0.385 e. The summed E-state index contributed by atoms with van der Waals surface area (Å²) in [6.07, 6.45) is 0.861. The number of thioether (sulfide) groups is 1. The Labute approximate surface area is 127 Å². The second kappa shape index (κ2) is 9.70. The number of nitrogens with one attached hydrogen (secondary N) is 1. The number of benzene rings is 1. The maximum atomic E-state index is 12.2. The first-order chi connectivity index (χ1) is 10.0. The van der Waals surface area contributed by atoms with Crippen LogP contribution in [0.2, 0.25) is 0 Å². The van der Waals surface area contributed by atoms with Crippen molar-refractivity contribution in [2.75, 3.05) is 39.2 Å². The summed E-state index contributed by atoms with van der Waals surface area (Å²) in [6, 6.07) is 6.37. The average molecular weight is 318 g/mol. The first-order valence-corrected chi connectivity index (χ1v) is 7.41. The molecule has 1 aromatic carbocycles. The third kappa shape index (κ3) is 7.99. The highest BCUT2D eigenvalue weighted by molar-refractivity contribution is 7.99. The number of anilines is 1. The number of nitrogens with zero attached hydrogens (tertiary/aromatic N) is 1. The highest BCUT2D eigenvalue weighted by Crippen LogP contribution is 2.26. The van der Waals surface area contributed by atoms with Crippen LogP contribution in [0.15, 0.2) is 29.2 Å². The van der Waals surface area contributed by atoms with Crippen LogP contribution in [-0.4, -0.2) is 50.4 Å². The Morgan fingerprint density at radius 3 is 2.62 bits per heavy atom. The van der Waals surface area contributed by atoms with Crippen LogP contribution in [0.4, 0.5) is 14.5 Å². The van der Waals surface area contributed by atoms with Gasteiger partial charge in [-0.15, -0.1) is 0 Å². The molecule has 0 aliphatic heterocycles. The van der Waals surface area contributed by atoms with Crippen molar-refractivity contribution < 1.29 is 18.3 Å². The van der Waals surface area contributed by atoms with Crippen LogP contribution in [0.5, 0.6) is 0 Å². The van der Waals surface area contributed by atoms with Crippen LogP contribution < -0.4 is 5.32 Å².